The fourth-order valence-corrected chi connectivity index (χ4v) is 4.02. The van der Waals surface area contributed by atoms with Crippen LogP contribution in [0.15, 0.2) is 48.5 Å². The molecule has 1 heterocycles. The largest absolute Gasteiger partial charge is 0.350 e. The van der Waals surface area contributed by atoms with Gasteiger partial charge in [-0.2, -0.15) is 5.10 Å². The number of hydrogen-bond acceptors (Lipinski definition) is 3. The summed E-state index contributed by atoms with van der Waals surface area (Å²) < 4.78 is 14.9. The minimum Gasteiger partial charge on any atom is -0.350 e. The second kappa shape index (κ2) is 9.34. The molecule has 1 aromatic heterocycles. The molecular weight excluding hydrogens is 407 g/mol. The van der Waals surface area contributed by atoms with Gasteiger partial charge in [-0.05, 0) is 62.9 Å². The van der Waals surface area contributed by atoms with Gasteiger partial charge in [0.15, 0.2) is 5.69 Å². The zero-order valence-electron chi connectivity index (χ0n) is 18.4. The van der Waals surface area contributed by atoms with Crippen LogP contribution in [0.25, 0.3) is 5.69 Å². The molecule has 0 atom stereocenters. The van der Waals surface area contributed by atoms with E-state index in [1.165, 1.54) is 17.0 Å². The molecule has 0 unspecified atom stereocenters. The summed E-state index contributed by atoms with van der Waals surface area (Å²) in [5.41, 5.74) is 5.40. The molecule has 3 aromatic rings. The number of aryl methyl sites for hydroxylation is 1. The summed E-state index contributed by atoms with van der Waals surface area (Å²) in [6, 6.07) is 14.0. The number of carbonyl (C=O) groups is 2. The van der Waals surface area contributed by atoms with E-state index in [0.717, 1.165) is 47.3 Å². The Morgan fingerprint density at radius 3 is 2.50 bits per heavy atom. The van der Waals surface area contributed by atoms with Crippen molar-refractivity contribution >= 4 is 11.8 Å². The fourth-order valence-electron chi connectivity index (χ4n) is 4.02. The molecule has 0 bridgehead atoms. The molecule has 32 heavy (non-hydrogen) atoms. The smallest absolute Gasteiger partial charge is 0.275 e. The van der Waals surface area contributed by atoms with Gasteiger partial charge in [0.05, 0.1) is 12.2 Å². The molecule has 0 radical (unpaired) electrons. The number of likely N-dealkylation sites (N-methyl/N-ethyl adjacent to an activating group) is 1. The molecule has 0 fully saturated rings. The lowest BCUT2D eigenvalue weighted by Gasteiger charge is -2.20. The van der Waals surface area contributed by atoms with E-state index in [0.29, 0.717) is 12.2 Å². The van der Waals surface area contributed by atoms with E-state index in [4.69, 9.17) is 0 Å². The first-order valence-electron chi connectivity index (χ1n) is 10.9. The minimum absolute atomic E-state index is 0.0529. The summed E-state index contributed by atoms with van der Waals surface area (Å²) in [5, 5.41) is 7.47. The highest BCUT2D eigenvalue weighted by atomic mass is 19.1. The molecule has 0 spiro atoms. The van der Waals surface area contributed by atoms with E-state index < -0.39 is 0 Å². The predicted molar refractivity (Wildman–Crippen MR) is 120 cm³/mol. The molecule has 7 heteroatoms. The molecule has 2 aromatic carbocycles. The number of nitrogens with zero attached hydrogens (tertiary/aromatic N) is 3. The van der Waals surface area contributed by atoms with E-state index in [1.54, 1.807) is 12.1 Å². The fraction of sp³-hybridized carbons (Fsp3) is 0.320. The topological polar surface area (TPSA) is 67.2 Å². The second-order valence-corrected chi connectivity index (χ2v) is 8.10. The van der Waals surface area contributed by atoms with Crippen molar-refractivity contribution in [1.82, 2.24) is 20.0 Å². The quantitative estimate of drug-likeness (QED) is 0.618. The van der Waals surface area contributed by atoms with Crippen molar-refractivity contribution in [3.05, 3.63) is 82.4 Å². The number of nitrogens with one attached hydrogen (secondary N) is 1. The molecule has 4 rings (SSSR count). The Hall–Kier alpha value is -3.48. The summed E-state index contributed by atoms with van der Waals surface area (Å²) in [5.74, 6) is -0.812. The molecule has 6 nitrogen and oxygen atoms in total. The average molecular weight is 435 g/mol. The minimum atomic E-state index is -0.319. The first-order valence-corrected chi connectivity index (χ1v) is 10.9. The van der Waals surface area contributed by atoms with E-state index in [-0.39, 0.29) is 30.7 Å². The van der Waals surface area contributed by atoms with Crippen LogP contribution in [0.1, 0.15) is 46.2 Å². The van der Waals surface area contributed by atoms with E-state index in [2.05, 4.69) is 10.4 Å². The number of aromatic nitrogens is 2. The normalized spacial score (nSPS) is 12.5. The lowest BCUT2D eigenvalue weighted by Crippen LogP contribution is -2.40. The van der Waals surface area contributed by atoms with Crippen LogP contribution in [-0.4, -0.2) is 39.6 Å². The summed E-state index contributed by atoms with van der Waals surface area (Å²) in [6.07, 6.45) is 2.69. The molecule has 0 aliphatic heterocycles. The predicted octanol–water partition coefficient (Wildman–Crippen LogP) is 3.59. The highest BCUT2D eigenvalue weighted by Crippen LogP contribution is 2.28. The van der Waals surface area contributed by atoms with Crippen LogP contribution in [-0.2, 0) is 24.2 Å². The van der Waals surface area contributed by atoms with Crippen molar-refractivity contribution in [3.8, 4) is 5.69 Å². The Kier molecular flexibility index (Phi) is 6.35. The van der Waals surface area contributed by atoms with Crippen LogP contribution in [0.4, 0.5) is 4.39 Å². The maximum Gasteiger partial charge on any atom is 0.275 e. The van der Waals surface area contributed by atoms with Crippen molar-refractivity contribution in [2.75, 3.05) is 13.1 Å². The van der Waals surface area contributed by atoms with Crippen molar-refractivity contribution in [1.29, 1.82) is 0 Å². The zero-order chi connectivity index (χ0) is 22.7. The Morgan fingerprint density at radius 1 is 1.09 bits per heavy atom. The number of hydrogen-bond donors (Lipinski definition) is 1. The van der Waals surface area contributed by atoms with E-state index in [1.807, 2.05) is 42.8 Å². The van der Waals surface area contributed by atoms with Crippen LogP contribution < -0.4 is 5.32 Å². The summed E-state index contributed by atoms with van der Waals surface area (Å²) in [6.45, 7) is 4.51. The van der Waals surface area contributed by atoms with Gasteiger partial charge in [0.1, 0.15) is 5.82 Å². The summed E-state index contributed by atoms with van der Waals surface area (Å²) >= 11 is 0. The molecule has 1 N–H and O–H groups in total. The lowest BCUT2D eigenvalue weighted by molar-refractivity contribution is -0.121. The first-order chi connectivity index (χ1) is 15.5. The van der Waals surface area contributed by atoms with Crippen LogP contribution in [0, 0.1) is 12.7 Å². The van der Waals surface area contributed by atoms with Crippen LogP contribution in [0.3, 0.4) is 0 Å². The average Bonchev–Trinajstić information content (AvgIpc) is 3.40. The molecule has 1 aliphatic rings. The number of fused-ring (bicyclic) bond motifs is 1. The third-order valence-electron chi connectivity index (χ3n) is 5.82. The van der Waals surface area contributed by atoms with E-state index in [9.17, 15) is 14.0 Å². The highest BCUT2D eigenvalue weighted by molar-refractivity contribution is 5.96. The first kappa shape index (κ1) is 21.7. The van der Waals surface area contributed by atoms with Crippen LogP contribution in [0.2, 0.25) is 0 Å². The van der Waals surface area contributed by atoms with Gasteiger partial charge in [0.2, 0.25) is 5.91 Å². The van der Waals surface area contributed by atoms with Crippen LogP contribution in [0.5, 0.6) is 0 Å². The summed E-state index contributed by atoms with van der Waals surface area (Å²) in [4.78, 5) is 27.3. The van der Waals surface area contributed by atoms with Gasteiger partial charge < -0.3 is 10.2 Å². The van der Waals surface area contributed by atoms with Gasteiger partial charge in [-0.1, -0.05) is 29.8 Å². The van der Waals surface area contributed by atoms with Gasteiger partial charge in [-0.25, -0.2) is 9.07 Å². The monoisotopic (exact) mass is 434 g/mol. The SMILES string of the molecule is CCN(CC(=O)NCc1ccc(F)cc1)C(=O)c1nn(-c2ccc(C)cc2)c2c1CCC2. The molecule has 0 saturated carbocycles. The number of rotatable bonds is 7. The van der Waals surface area contributed by atoms with Crippen molar-refractivity contribution in [2.45, 2.75) is 39.7 Å². The number of benzene rings is 2. The Labute approximate surface area is 187 Å². The second-order valence-electron chi connectivity index (χ2n) is 8.10. The Balaban J connectivity index is 1.48. The standard InChI is InChI=1S/C25H27FN4O2/c1-3-29(16-23(31)27-15-18-9-11-19(26)12-10-18)25(32)24-21-5-4-6-22(21)30(28-24)20-13-7-17(2)8-14-20/h7-14H,3-6,15-16H2,1-2H3,(H,27,31). The third-order valence-corrected chi connectivity index (χ3v) is 5.82. The Morgan fingerprint density at radius 2 is 1.81 bits per heavy atom. The Bertz CT molecular complexity index is 1120. The zero-order valence-corrected chi connectivity index (χ0v) is 18.4. The van der Waals surface area contributed by atoms with Crippen molar-refractivity contribution in [2.24, 2.45) is 0 Å². The van der Waals surface area contributed by atoms with Gasteiger partial charge >= 0.3 is 0 Å². The van der Waals surface area contributed by atoms with Crippen molar-refractivity contribution < 1.29 is 14.0 Å². The van der Waals surface area contributed by atoms with E-state index >= 15 is 0 Å². The van der Waals surface area contributed by atoms with Crippen LogP contribution >= 0.6 is 0 Å². The van der Waals surface area contributed by atoms with Crippen molar-refractivity contribution in [3.63, 3.8) is 0 Å². The van der Waals surface area contributed by atoms with Gasteiger partial charge in [0, 0.05) is 24.3 Å². The lowest BCUT2D eigenvalue weighted by atomic mass is 10.1. The number of halogens is 1. The molecule has 166 valence electrons. The molecule has 2 amide bonds. The van der Waals surface area contributed by atoms with Gasteiger partial charge in [-0.3, -0.25) is 9.59 Å². The van der Waals surface area contributed by atoms with Gasteiger partial charge in [0.25, 0.3) is 5.91 Å². The van der Waals surface area contributed by atoms with Gasteiger partial charge in [-0.15, -0.1) is 0 Å². The highest BCUT2D eigenvalue weighted by Gasteiger charge is 2.29. The number of amides is 2. The number of carbonyl (C=O) groups excluding carboxylic acids is 2. The summed E-state index contributed by atoms with van der Waals surface area (Å²) in [7, 11) is 0. The maximum absolute atomic E-state index is 13.3. The molecule has 1 aliphatic carbocycles. The molecule has 0 saturated heterocycles. The molecular formula is C25H27FN4O2. The third kappa shape index (κ3) is 4.56. The maximum atomic E-state index is 13.3.